The van der Waals surface area contributed by atoms with E-state index in [4.69, 9.17) is 0 Å². The summed E-state index contributed by atoms with van der Waals surface area (Å²) in [6, 6.07) is 15.1. The maximum absolute atomic E-state index is 13.3. The van der Waals surface area contributed by atoms with Gasteiger partial charge in [0, 0.05) is 35.5 Å². The van der Waals surface area contributed by atoms with Crippen LogP contribution in [0.15, 0.2) is 66.0 Å². The summed E-state index contributed by atoms with van der Waals surface area (Å²) in [6.07, 6.45) is -3.52. The molecule has 1 fully saturated rings. The summed E-state index contributed by atoms with van der Waals surface area (Å²) in [5.41, 5.74) is -0.401. The number of aromatic nitrogens is 1. The third kappa shape index (κ3) is 5.15. The van der Waals surface area contributed by atoms with Gasteiger partial charge in [0.05, 0.1) is 16.1 Å². The van der Waals surface area contributed by atoms with Crippen molar-refractivity contribution >= 4 is 39.6 Å². The third-order valence-corrected chi connectivity index (χ3v) is 7.47. The van der Waals surface area contributed by atoms with E-state index < -0.39 is 17.6 Å². The fourth-order valence-corrected chi connectivity index (χ4v) is 5.53. The highest BCUT2D eigenvalue weighted by atomic mass is 32.1. The predicted molar refractivity (Wildman–Crippen MR) is 135 cm³/mol. The van der Waals surface area contributed by atoms with E-state index in [1.165, 1.54) is 34.4 Å². The topological polar surface area (TPSA) is 82.5 Å². The highest BCUT2D eigenvalue weighted by molar-refractivity contribution is 7.10. The van der Waals surface area contributed by atoms with Crippen molar-refractivity contribution in [1.82, 2.24) is 9.88 Å². The number of carbonyl (C=O) groups excluding carboxylic acids is 2. The molecule has 6 nitrogen and oxygen atoms in total. The lowest BCUT2D eigenvalue weighted by Gasteiger charge is -2.31. The van der Waals surface area contributed by atoms with Gasteiger partial charge in [-0.2, -0.15) is 13.2 Å². The van der Waals surface area contributed by atoms with Gasteiger partial charge < -0.3 is 15.3 Å². The zero-order chi connectivity index (χ0) is 26.2. The number of halogens is 3. The molecule has 1 aliphatic rings. The predicted octanol–water partition coefficient (Wildman–Crippen LogP) is 6.29. The molecule has 1 saturated heterocycles. The van der Waals surface area contributed by atoms with E-state index in [1.807, 2.05) is 6.07 Å². The second-order valence-electron chi connectivity index (χ2n) is 8.85. The number of benzene rings is 3. The van der Waals surface area contributed by atoms with E-state index in [2.05, 4.69) is 10.3 Å². The number of piperidine rings is 1. The molecule has 0 saturated carbocycles. The minimum atomic E-state index is -4.60. The fourth-order valence-electron chi connectivity index (χ4n) is 4.56. The number of nitrogens with zero attached hydrogens (tertiary/aromatic N) is 2. The van der Waals surface area contributed by atoms with Crippen LogP contribution in [0.25, 0.3) is 10.8 Å². The van der Waals surface area contributed by atoms with E-state index in [1.54, 1.807) is 35.7 Å². The first kappa shape index (κ1) is 24.8. The van der Waals surface area contributed by atoms with Crippen molar-refractivity contribution in [3.8, 4) is 5.75 Å². The number of fused-ring (bicyclic) bond motifs is 1. The van der Waals surface area contributed by atoms with Gasteiger partial charge in [0.2, 0.25) is 0 Å². The van der Waals surface area contributed by atoms with E-state index >= 15 is 0 Å². The first-order valence-corrected chi connectivity index (χ1v) is 12.5. The molecule has 0 atom stereocenters. The van der Waals surface area contributed by atoms with Crippen LogP contribution in [0.4, 0.5) is 18.9 Å². The Labute approximate surface area is 214 Å². The summed E-state index contributed by atoms with van der Waals surface area (Å²) < 4.78 is 40.0. The Bertz CT molecular complexity index is 1480. The molecule has 1 aliphatic heterocycles. The summed E-state index contributed by atoms with van der Waals surface area (Å²) in [5, 5.41) is 16.6. The van der Waals surface area contributed by atoms with Crippen LogP contribution in [0.2, 0.25) is 0 Å². The fraction of sp³-hybridized carbons (Fsp3) is 0.222. The van der Waals surface area contributed by atoms with Crippen molar-refractivity contribution in [2.45, 2.75) is 24.9 Å². The van der Waals surface area contributed by atoms with Crippen LogP contribution in [-0.2, 0) is 6.18 Å². The smallest absolute Gasteiger partial charge is 0.417 e. The molecule has 1 aromatic heterocycles. The van der Waals surface area contributed by atoms with Gasteiger partial charge in [0.15, 0.2) is 0 Å². The van der Waals surface area contributed by atoms with Crippen LogP contribution < -0.4 is 5.32 Å². The van der Waals surface area contributed by atoms with Gasteiger partial charge >= 0.3 is 6.18 Å². The number of amides is 2. The van der Waals surface area contributed by atoms with Gasteiger partial charge in [0.1, 0.15) is 11.4 Å². The molecule has 2 amide bonds. The molecular weight excluding hydrogens is 503 g/mol. The van der Waals surface area contributed by atoms with Crippen molar-refractivity contribution in [1.29, 1.82) is 0 Å². The minimum Gasteiger partial charge on any atom is -0.508 e. The third-order valence-electron chi connectivity index (χ3n) is 6.46. The Morgan fingerprint density at radius 1 is 1.03 bits per heavy atom. The van der Waals surface area contributed by atoms with Crippen LogP contribution in [0.1, 0.15) is 50.2 Å². The second-order valence-corrected chi connectivity index (χ2v) is 9.74. The quantitative estimate of drug-likeness (QED) is 0.328. The van der Waals surface area contributed by atoms with Crippen molar-refractivity contribution in [3.63, 3.8) is 0 Å². The van der Waals surface area contributed by atoms with Gasteiger partial charge in [-0.25, -0.2) is 4.98 Å². The highest BCUT2D eigenvalue weighted by Crippen LogP contribution is 2.35. The number of hydrogen-bond acceptors (Lipinski definition) is 5. The molecule has 5 rings (SSSR count). The Kier molecular flexibility index (Phi) is 6.59. The number of likely N-dealkylation sites (tertiary alicyclic amines) is 1. The summed E-state index contributed by atoms with van der Waals surface area (Å²) in [5.74, 6) is -0.847. The SMILES string of the molecule is O=C(Nc1cccc2cc(O)ccc12)c1csc(C2CCN(C(=O)c3ccccc3C(F)(F)F)CC2)n1. The van der Waals surface area contributed by atoms with E-state index in [0.29, 0.717) is 31.6 Å². The van der Waals surface area contributed by atoms with E-state index in [9.17, 15) is 27.9 Å². The summed E-state index contributed by atoms with van der Waals surface area (Å²) in [7, 11) is 0. The van der Waals surface area contributed by atoms with Gasteiger partial charge in [-0.3, -0.25) is 9.59 Å². The van der Waals surface area contributed by atoms with Crippen molar-refractivity contribution in [3.05, 3.63) is 87.9 Å². The first-order chi connectivity index (χ1) is 17.7. The zero-order valence-corrected chi connectivity index (χ0v) is 20.3. The number of thiazole rings is 1. The normalized spacial score (nSPS) is 14.6. The van der Waals surface area contributed by atoms with Gasteiger partial charge in [-0.05, 0) is 54.6 Å². The lowest BCUT2D eigenvalue weighted by atomic mass is 9.96. The Balaban J connectivity index is 1.24. The molecular formula is C27H22F3N3O3S. The molecule has 0 radical (unpaired) electrons. The molecule has 0 bridgehead atoms. The lowest BCUT2D eigenvalue weighted by molar-refractivity contribution is -0.138. The molecule has 190 valence electrons. The van der Waals surface area contributed by atoms with Crippen LogP contribution in [0, 0.1) is 0 Å². The molecule has 10 heteroatoms. The van der Waals surface area contributed by atoms with Crippen LogP contribution >= 0.6 is 11.3 Å². The zero-order valence-electron chi connectivity index (χ0n) is 19.5. The Morgan fingerprint density at radius 2 is 1.78 bits per heavy atom. The van der Waals surface area contributed by atoms with Crippen molar-refractivity contribution in [2.24, 2.45) is 0 Å². The number of phenols is 1. The lowest BCUT2D eigenvalue weighted by Crippen LogP contribution is -2.38. The number of phenolic OH excluding ortho intramolecular Hbond substituents is 1. The standard InChI is InChI=1S/C27H22F3N3O3S/c28-27(29,30)21-6-2-1-5-20(21)26(36)33-12-10-16(11-13-33)25-32-23(15-37-25)24(35)31-22-7-3-4-17-14-18(34)8-9-19(17)22/h1-9,14-16,34H,10-13H2,(H,31,35). The maximum Gasteiger partial charge on any atom is 0.417 e. The number of aromatic hydroxyl groups is 1. The van der Waals surface area contributed by atoms with Crippen molar-refractivity contribution in [2.75, 3.05) is 18.4 Å². The molecule has 2 heterocycles. The monoisotopic (exact) mass is 525 g/mol. The highest BCUT2D eigenvalue weighted by Gasteiger charge is 2.36. The molecule has 0 spiro atoms. The molecule has 2 N–H and O–H groups in total. The number of alkyl halides is 3. The number of nitrogens with one attached hydrogen (secondary N) is 1. The summed E-state index contributed by atoms with van der Waals surface area (Å²) >= 11 is 1.36. The Hall–Kier alpha value is -3.92. The maximum atomic E-state index is 13.3. The number of carbonyl (C=O) groups is 2. The largest absolute Gasteiger partial charge is 0.508 e. The van der Waals surface area contributed by atoms with Gasteiger partial charge in [0.25, 0.3) is 11.8 Å². The molecule has 0 unspecified atom stereocenters. The molecule has 37 heavy (non-hydrogen) atoms. The first-order valence-electron chi connectivity index (χ1n) is 11.6. The second kappa shape index (κ2) is 9.85. The van der Waals surface area contributed by atoms with Crippen LogP contribution in [-0.4, -0.2) is 39.9 Å². The summed E-state index contributed by atoms with van der Waals surface area (Å²) in [6.45, 7) is 0.610. The molecule has 4 aromatic rings. The van der Waals surface area contributed by atoms with Crippen molar-refractivity contribution < 1.29 is 27.9 Å². The Morgan fingerprint density at radius 3 is 2.54 bits per heavy atom. The van der Waals surface area contributed by atoms with Crippen LogP contribution in [0.3, 0.4) is 0 Å². The van der Waals surface area contributed by atoms with Crippen LogP contribution in [0.5, 0.6) is 5.75 Å². The minimum absolute atomic E-state index is 0.00832. The van der Waals surface area contributed by atoms with E-state index in [0.717, 1.165) is 21.8 Å². The number of hydrogen-bond donors (Lipinski definition) is 2. The molecule has 0 aliphatic carbocycles. The number of anilines is 1. The average molecular weight is 526 g/mol. The van der Waals surface area contributed by atoms with Gasteiger partial charge in [-0.15, -0.1) is 11.3 Å². The average Bonchev–Trinajstić information content (AvgIpc) is 3.38. The number of rotatable bonds is 4. The summed E-state index contributed by atoms with van der Waals surface area (Å²) in [4.78, 5) is 31.7. The van der Waals surface area contributed by atoms with E-state index in [-0.39, 0.29) is 28.8 Å². The van der Waals surface area contributed by atoms with Gasteiger partial charge in [-0.1, -0.05) is 24.3 Å². The molecule has 3 aromatic carbocycles.